The van der Waals surface area contributed by atoms with E-state index in [-0.39, 0.29) is 11.6 Å². The van der Waals surface area contributed by atoms with E-state index >= 15 is 0 Å². The van der Waals surface area contributed by atoms with Gasteiger partial charge in [-0.05, 0) is 6.07 Å². The number of fused-ring (bicyclic) bond motifs is 1. The van der Waals surface area contributed by atoms with E-state index < -0.39 is 5.82 Å². The Bertz CT molecular complexity index is 397. The van der Waals surface area contributed by atoms with E-state index in [1.165, 1.54) is 6.07 Å². The maximum absolute atomic E-state index is 13.0. The van der Waals surface area contributed by atoms with Crippen LogP contribution in [-0.2, 0) is 0 Å². The lowest BCUT2D eigenvalue weighted by molar-refractivity contribution is 0.331. The highest BCUT2D eigenvalue weighted by Gasteiger charge is 2.25. The average molecular weight is 178 g/mol. The van der Waals surface area contributed by atoms with Crippen LogP contribution in [0.1, 0.15) is 17.2 Å². The van der Waals surface area contributed by atoms with Gasteiger partial charge in [0.15, 0.2) is 0 Å². The molecule has 1 heterocycles. The van der Waals surface area contributed by atoms with E-state index in [4.69, 9.17) is 15.7 Å². The third-order valence-corrected chi connectivity index (χ3v) is 2.06. The van der Waals surface area contributed by atoms with Crippen LogP contribution in [0, 0.1) is 17.1 Å². The predicted octanol–water partition coefficient (Wildman–Crippen LogP) is 1.09. The smallest absolute Gasteiger partial charge is 0.145 e. The van der Waals surface area contributed by atoms with Crippen LogP contribution in [0.4, 0.5) is 4.39 Å². The van der Waals surface area contributed by atoms with E-state index in [2.05, 4.69) is 0 Å². The first-order valence-corrected chi connectivity index (χ1v) is 3.85. The Morgan fingerprint density at radius 2 is 2.38 bits per heavy atom. The van der Waals surface area contributed by atoms with Gasteiger partial charge in [0.2, 0.25) is 0 Å². The lowest BCUT2D eigenvalue weighted by Crippen LogP contribution is -2.10. The van der Waals surface area contributed by atoms with Crippen LogP contribution in [0.25, 0.3) is 0 Å². The van der Waals surface area contributed by atoms with Crippen LogP contribution < -0.4 is 10.5 Å². The molecule has 1 unspecified atom stereocenters. The number of nitrogens with two attached hydrogens (primary N) is 1. The van der Waals surface area contributed by atoms with E-state index in [9.17, 15) is 4.39 Å². The van der Waals surface area contributed by atoms with Crippen LogP contribution >= 0.6 is 0 Å². The van der Waals surface area contributed by atoms with Gasteiger partial charge in [-0.3, -0.25) is 0 Å². The highest BCUT2D eigenvalue weighted by molar-refractivity contribution is 5.52. The second-order valence-electron chi connectivity index (χ2n) is 2.87. The quantitative estimate of drug-likeness (QED) is 0.646. The number of nitriles is 1. The van der Waals surface area contributed by atoms with Gasteiger partial charge in [-0.2, -0.15) is 5.26 Å². The molecule has 1 aliphatic rings. The summed E-state index contributed by atoms with van der Waals surface area (Å²) in [5.74, 6) is -0.259. The Morgan fingerprint density at radius 1 is 1.62 bits per heavy atom. The van der Waals surface area contributed by atoms with Crippen LogP contribution in [0.15, 0.2) is 12.1 Å². The topological polar surface area (TPSA) is 59.0 Å². The SMILES string of the molecule is N#Cc1c(F)ccc2c1OCC2N. The molecule has 1 aliphatic heterocycles. The molecule has 0 saturated heterocycles. The molecule has 1 aromatic carbocycles. The van der Waals surface area contributed by atoms with Crippen molar-refractivity contribution in [2.24, 2.45) is 5.73 Å². The van der Waals surface area contributed by atoms with Crippen LogP contribution in [0.2, 0.25) is 0 Å². The van der Waals surface area contributed by atoms with E-state index in [1.807, 2.05) is 0 Å². The Balaban J connectivity index is 2.66. The summed E-state index contributed by atoms with van der Waals surface area (Å²) >= 11 is 0. The summed E-state index contributed by atoms with van der Waals surface area (Å²) in [5.41, 5.74) is 6.32. The van der Waals surface area contributed by atoms with Gasteiger partial charge in [-0.15, -0.1) is 0 Å². The maximum atomic E-state index is 13.0. The van der Waals surface area contributed by atoms with Crippen molar-refractivity contribution in [1.29, 1.82) is 5.26 Å². The lowest BCUT2D eigenvalue weighted by atomic mass is 10.1. The zero-order valence-electron chi connectivity index (χ0n) is 6.75. The van der Waals surface area contributed by atoms with Gasteiger partial charge >= 0.3 is 0 Å². The van der Waals surface area contributed by atoms with Crippen LogP contribution in [-0.4, -0.2) is 6.61 Å². The van der Waals surface area contributed by atoms with Gasteiger partial charge in [-0.25, -0.2) is 4.39 Å². The van der Waals surface area contributed by atoms with Gasteiger partial charge in [0, 0.05) is 5.56 Å². The van der Waals surface area contributed by atoms with Crippen molar-refractivity contribution in [3.05, 3.63) is 29.1 Å². The normalized spacial score (nSPS) is 19.0. The van der Waals surface area contributed by atoms with Gasteiger partial charge in [0.25, 0.3) is 0 Å². The third kappa shape index (κ3) is 1.05. The minimum absolute atomic E-state index is 0.0505. The molecule has 0 spiro atoms. The molecule has 3 nitrogen and oxygen atoms in total. The summed E-state index contributed by atoms with van der Waals surface area (Å²) in [6.45, 7) is 0.313. The average Bonchev–Trinajstić information content (AvgIpc) is 2.48. The fourth-order valence-corrected chi connectivity index (χ4v) is 1.39. The molecule has 0 bridgehead atoms. The highest BCUT2D eigenvalue weighted by Crippen LogP contribution is 2.34. The first kappa shape index (κ1) is 8.02. The number of hydrogen-bond donors (Lipinski definition) is 1. The Morgan fingerprint density at radius 3 is 3.08 bits per heavy atom. The van der Waals surface area contributed by atoms with Crippen molar-refractivity contribution < 1.29 is 9.13 Å². The molecule has 1 aromatic rings. The minimum atomic E-state index is -0.560. The second kappa shape index (κ2) is 2.71. The maximum Gasteiger partial charge on any atom is 0.145 e. The molecule has 66 valence electrons. The van der Waals surface area contributed by atoms with Crippen molar-refractivity contribution >= 4 is 0 Å². The lowest BCUT2D eigenvalue weighted by Gasteiger charge is -2.01. The summed E-state index contributed by atoms with van der Waals surface area (Å²) in [5, 5.41) is 8.66. The van der Waals surface area contributed by atoms with E-state index in [1.54, 1.807) is 12.1 Å². The molecule has 0 fully saturated rings. The number of rotatable bonds is 0. The molecule has 0 aromatic heterocycles. The van der Waals surface area contributed by atoms with Crippen molar-refractivity contribution in [1.82, 2.24) is 0 Å². The summed E-state index contributed by atoms with van der Waals surface area (Å²) in [4.78, 5) is 0. The molecule has 0 amide bonds. The molecule has 0 radical (unpaired) electrons. The molecule has 2 N–H and O–H groups in total. The van der Waals surface area contributed by atoms with E-state index in [0.29, 0.717) is 17.9 Å². The number of hydrogen-bond acceptors (Lipinski definition) is 3. The standard InChI is InChI=1S/C9H7FN2O/c10-7-2-1-5-8(12)4-13-9(5)6(7)3-11/h1-2,8H,4,12H2. The first-order valence-electron chi connectivity index (χ1n) is 3.85. The van der Waals surface area contributed by atoms with Gasteiger partial charge in [0.1, 0.15) is 29.8 Å². The summed E-state index contributed by atoms with van der Waals surface area (Å²) in [7, 11) is 0. The monoisotopic (exact) mass is 178 g/mol. The van der Waals surface area contributed by atoms with Crippen LogP contribution in [0.3, 0.4) is 0 Å². The minimum Gasteiger partial charge on any atom is -0.490 e. The van der Waals surface area contributed by atoms with Crippen molar-refractivity contribution in [2.45, 2.75) is 6.04 Å². The van der Waals surface area contributed by atoms with Crippen molar-refractivity contribution in [2.75, 3.05) is 6.61 Å². The van der Waals surface area contributed by atoms with Gasteiger partial charge in [-0.1, -0.05) is 6.07 Å². The number of ether oxygens (including phenoxy) is 1. The molecule has 0 saturated carbocycles. The fourth-order valence-electron chi connectivity index (χ4n) is 1.39. The largest absolute Gasteiger partial charge is 0.490 e. The first-order chi connectivity index (χ1) is 6.24. The number of halogens is 1. The molecule has 0 aliphatic carbocycles. The highest BCUT2D eigenvalue weighted by atomic mass is 19.1. The molecule has 13 heavy (non-hydrogen) atoms. The predicted molar refractivity (Wildman–Crippen MR) is 43.5 cm³/mol. The van der Waals surface area contributed by atoms with E-state index in [0.717, 1.165) is 0 Å². The second-order valence-corrected chi connectivity index (χ2v) is 2.87. The Labute approximate surface area is 74.5 Å². The number of nitrogens with zero attached hydrogens (tertiary/aromatic N) is 1. The zero-order chi connectivity index (χ0) is 9.42. The molecule has 1 atom stereocenters. The van der Waals surface area contributed by atoms with Gasteiger partial charge in [0.05, 0.1) is 6.04 Å². The van der Waals surface area contributed by atoms with Crippen LogP contribution in [0.5, 0.6) is 5.75 Å². The molecule has 2 rings (SSSR count). The van der Waals surface area contributed by atoms with Gasteiger partial charge < -0.3 is 10.5 Å². The Kier molecular flexibility index (Phi) is 1.67. The third-order valence-electron chi connectivity index (χ3n) is 2.06. The van der Waals surface area contributed by atoms with Crippen molar-refractivity contribution in [3.8, 4) is 11.8 Å². The molecular weight excluding hydrogens is 171 g/mol. The molecule has 4 heteroatoms. The Hall–Kier alpha value is -1.60. The summed E-state index contributed by atoms with van der Waals surface area (Å²) in [6, 6.07) is 4.31. The van der Waals surface area contributed by atoms with Crippen molar-refractivity contribution in [3.63, 3.8) is 0 Å². The molecular formula is C9H7FN2O. The fraction of sp³-hybridized carbons (Fsp3) is 0.222. The number of benzene rings is 1. The zero-order valence-corrected chi connectivity index (χ0v) is 6.75. The summed E-state index contributed by atoms with van der Waals surface area (Å²) < 4.78 is 18.2. The summed E-state index contributed by atoms with van der Waals surface area (Å²) in [6.07, 6.45) is 0.